The third-order valence-corrected chi connectivity index (χ3v) is 5.06. The molecule has 1 aliphatic heterocycles. The minimum atomic E-state index is -3.69. The smallest absolute Gasteiger partial charge is 0.255 e. The number of carbonyl (C=O) groups is 1. The number of imidazole rings is 1. The molecule has 5 rings (SSSR count). The first-order valence-electron chi connectivity index (χ1n) is 15.9. The second-order valence-electron chi connectivity index (χ2n) is 7.56. The molecule has 11 nitrogen and oxygen atoms in total. The first-order valence-corrected chi connectivity index (χ1v) is 10.4. The number of hydrogen-bond acceptors (Lipinski definition) is 9. The molecular formula is C25H25N9O2. The van der Waals surface area contributed by atoms with Crippen LogP contribution in [0.3, 0.4) is 0 Å². The van der Waals surface area contributed by atoms with Gasteiger partial charge in [-0.05, 0) is 37.7 Å². The van der Waals surface area contributed by atoms with E-state index < -0.39 is 49.3 Å². The molecule has 1 fully saturated rings. The highest BCUT2D eigenvalue weighted by molar-refractivity contribution is 5.94. The number of rotatable bonds is 5. The monoisotopic (exact) mass is 494 g/mol. The number of piperazine rings is 1. The van der Waals surface area contributed by atoms with Crippen molar-refractivity contribution < 1.29 is 24.6 Å². The average molecular weight is 495 g/mol. The van der Waals surface area contributed by atoms with Crippen LogP contribution in [0.25, 0.3) is 11.2 Å². The average Bonchev–Trinajstić information content (AvgIpc) is 3.33. The zero-order valence-corrected chi connectivity index (χ0v) is 18.9. The van der Waals surface area contributed by atoms with Gasteiger partial charge in [-0.3, -0.25) is 4.79 Å². The van der Waals surface area contributed by atoms with Crippen LogP contribution < -0.4 is 10.1 Å². The Morgan fingerprint density at radius 1 is 1.19 bits per heavy atom. The first kappa shape index (κ1) is 13.5. The predicted octanol–water partition coefficient (Wildman–Crippen LogP) is 2.86. The Morgan fingerprint density at radius 3 is 2.72 bits per heavy atom. The highest BCUT2D eigenvalue weighted by Crippen LogP contribution is 2.31. The summed E-state index contributed by atoms with van der Waals surface area (Å²) in [5.74, 6) is -0.867. The van der Waals surface area contributed by atoms with Gasteiger partial charge in [0.1, 0.15) is 23.1 Å². The van der Waals surface area contributed by atoms with Crippen molar-refractivity contribution in [3.05, 3.63) is 59.8 Å². The van der Waals surface area contributed by atoms with Crippen molar-refractivity contribution in [1.82, 2.24) is 34.3 Å². The number of aromatic nitrogens is 5. The Balaban J connectivity index is 1.46. The van der Waals surface area contributed by atoms with Crippen LogP contribution in [0.4, 0.5) is 11.5 Å². The fourth-order valence-corrected chi connectivity index (χ4v) is 3.26. The van der Waals surface area contributed by atoms with Crippen LogP contribution in [0.15, 0.2) is 43.0 Å². The number of nitrogens with zero attached hydrogens (tertiary/aromatic N) is 8. The molecule has 0 aliphatic carbocycles. The second-order valence-corrected chi connectivity index (χ2v) is 7.56. The minimum absolute atomic E-state index is 0.130. The molecule has 1 amide bonds. The lowest BCUT2D eigenvalue weighted by atomic mass is 10.2. The summed E-state index contributed by atoms with van der Waals surface area (Å²) < 4.78 is 96.4. The lowest BCUT2D eigenvalue weighted by Crippen LogP contribution is -2.47. The molecule has 0 aromatic carbocycles. The highest BCUT2D eigenvalue weighted by atomic mass is 16.5. The first-order chi connectivity index (χ1) is 21.6. The molecule has 0 radical (unpaired) electrons. The molecule has 1 saturated heterocycles. The summed E-state index contributed by atoms with van der Waals surface area (Å²) in [6.07, 6.45) is 3.85. The quantitative estimate of drug-likeness (QED) is 0.446. The molecule has 4 aromatic heterocycles. The van der Waals surface area contributed by atoms with Crippen molar-refractivity contribution in [3.63, 3.8) is 0 Å². The summed E-state index contributed by atoms with van der Waals surface area (Å²) in [5, 5.41) is 12.1. The van der Waals surface area contributed by atoms with Crippen molar-refractivity contribution in [3.8, 4) is 17.7 Å². The number of amides is 1. The fraction of sp³-hybridized carbons (Fsp3) is 0.280. The Labute approximate surface area is 223 Å². The van der Waals surface area contributed by atoms with E-state index in [4.69, 9.17) is 25.1 Å². The van der Waals surface area contributed by atoms with Gasteiger partial charge in [0.25, 0.3) is 5.91 Å². The second kappa shape index (κ2) is 9.59. The fourth-order valence-electron chi connectivity index (χ4n) is 3.26. The molecule has 1 aliphatic rings. The van der Waals surface area contributed by atoms with Crippen LogP contribution in [0.1, 0.15) is 36.7 Å². The van der Waals surface area contributed by atoms with E-state index in [2.05, 4.69) is 25.3 Å². The maximum absolute atomic E-state index is 13.5. The van der Waals surface area contributed by atoms with E-state index in [1.807, 2.05) is 6.07 Å². The summed E-state index contributed by atoms with van der Waals surface area (Å²) in [6, 6.07) is 7.43. The number of nitrogens with one attached hydrogen (secondary N) is 1. The lowest BCUT2D eigenvalue weighted by Gasteiger charge is -2.32. The topological polar surface area (TPSA) is 125 Å². The third kappa shape index (κ3) is 4.67. The maximum Gasteiger partial charge on any atom is 0.255 e. The largest absolute Gasteiger partial charge is 0.437 e. The standard InChI is InChI=1S/C25H25N9O2/c1-16-10-18(12-26)27-14-20(16)36-22-11-19(23-24(31-22)33(3)15-29-23)30-21-5-4-17(13-28-21)25(35)34-8-6-32(2)7-9-34/h4-5,10-11,13-15H,6-9H2,1-3H3,(H,28,30,31)/i2D3,6D2,7D2,8D2,9D2. The van der Waals surface area contributed by atoms with Gasteiger partial charge in [0.2, 0.25) is 5.88 Å². The van der Waals surface area contributed by atoms with E-state index >= 15 is 0 Å². The molecular weight excluding hydrogens is 458 g/mol. The van der Waals surface area contributed by atoms with Crippen LogP contribution in [0, 0.1) is 18.3 Å². The molecule has 5 heterocycles. The van der Waals surface area contributed by atoms with Gasteiger partial charge < -0.3 is 24.4 Å². The molecule has 182 valence electrons. The van der Waals surface area contributed by atoms with Gasteiger partial charge in [-0.2, -0.15) is 10.2 Å². The van der Waals surface area contributed by atoms with Crippen molar-refractivity contribution in [1.29, 1.82) is 5.26 Å². The molecule has 36 heavy (non-hydrogen) atoms. The minimum Gasteiger partial charge on any atom is -0.437 e. The summed E-state index contributed by atoms with van der Waals surface area (Å²) >= 11 is 0. The molecule has 11 heteroatoms. The van der Waals surface area contributed by atoms with Crippen LogP contribution >= 0.6 is 0 Å². The summed E-state index contributed by atoms with van der Waals surface area (Å²) in [4.78, 5) is 29.7. The van der Waals surface area contributed by atoms with Gasteiger partial charge in [-0.1, -0.05) is 0 Å². The number of hydrogen-bond donors (Lipinski definition) is 1. The van der Waals surface area contributed by atoms with E-state index in [0.717, 1.165) is 12.3 Å². The molecule has 4 aromatic rings. The van der Waals surface area contributed by atoms with Crippen LogP contribution in [0.2, 0.25) is 0 Å². The van der Waals surface area contributed by atoms with Gasteiger partial charge in [-0.25, -0.2) is 15.0 Å². The van der Waals surface area contributed by atoms with Crippen LogP contribution in [-0.2, 0) is 7.05 Å². The highest BCUT2D eigenvalue weighted by Gasteiger charge is 2.21. The molecule has 0 saturated carbocycles. The number of ether oxygens (including phenoxy) is 1. The number of likely N-dealkylation sites (N-methyl/N-ethyl adjacent to an activating group) is 1. The number of fused-ring (bicyclic) bond motifs is 1. The molecule has 0 unspecified atom stereocenters. The zero-order chi connectivity index (χ0) is 34.9. The van der Waals surface area contributed by atoms with Crippen molar-refractivity contribution in [2.45, 2.75) is 6.92 Å². The number of aryl methyl sites for hydroxylation is 2. The predicted molar refractivity (Wildman–Crippen MR) is 133 cm³/mol. The number of pyridine rings is 3. The van der Waals surface area contributed by atoms with Crippen molar-refractivity contribution >= 4 is 28.6 Å². The summed E-state index contributed by atoms with van der Waals surface area (Å²) in [5.41, 5.74) is 1.60. The van der Waals surface area contributed by atoms with Gasteiger partial charge in [0.15, 0.2) is 11.4 Å². The molecule has 0 bridgehead atoms. The van der Waals surface area contributed by atoms with E-state index in [1.54, 1.807) is 24.6 Å². The van der Waals surface area contributed by atoms with E-state index in [9.17, 15) is 4.79 Å². The van der Waals surface area contributed by atoms with Crippen molar-refractivity contribution in [2.75, 3.05) is 38.3 Å². The maximum atomic E-state index is 13.5. The normalized spacial score (nSPS) is 24.5. The van der Waals surface area contributed by atoms with Crippen molar-refractivity contribution in [2.24, 2.45) is 7.05 Å². The Hall–Kier alpha value is -4.56. The number of anilines is 2. The van der Waals surface area contributed by atoms with Crippen LogP contribution in [-0.4, -0.2) is 73.2 Å². The van der Waals surface area contributed by atoms with Gasteiger partial charge in [-0.15, -0.1) is 0 Å². The Kier molecular flexibility index (Phi) is 3.60. The Morgan fingerprint density at radius 2 is 2.03 bits per heavy atom. The molecule has 0 spiro atoms. The summed E-state index contributed by atoms with van der Waals surface area (Å²) in [7, 11) is 1.71. The Bertz CT molecular complexity index is 1890. The summed E-state index contributed by atoms with van der Waals surface area (Å²) in [6.45, 7) is -16.6. The van der Waals surface area contributed by atoms with Gasteiger partial charge in [0, 0.05) is 54.9 Å². The lowest BCUT2D eigenvalue weighted by molar-refractivity contribution is 0.0663. The third-order valence-electron chi connectivity index (χ3n) is 5.06. The number of carbonyl (C=O) groups excluding carboxylic acids is 1. The number of nitriles is 1. The van der Waals surface area contributed by atoms with Gasteiger partial charge in [0.05, 0.1) is 29.3 Å². The molecule has 1 N–H and O–H groups in total. The van der Waals surface area contributed by atoms with Crippen LogP contribution in [0.5, 0.6) is 11.6 Å². The van der Waals surface area contributed by atoms with E-state index in [0.29, 0.717) is 28.2 Å². The SMILES string of the molecule is [2H]C([2H])([2H])N1C([2H])([2H])C([2H])([2H])N(C(=O)c2ccc(Nc3cc(Oc4cnc(C#N)cc4C)nc4c3ncn4C)nc2)C([2H])([2H])C1([2H])[2H]. The van der Waals surface area contributed by atoms with E-state index in [-0.39, 0.29) is 22.3 Å². The van der Waals surface area contributed by atoms with Gasteiger partial charge >= 0.3 is 0 Å². The van der Waals surface area contributed by atoms with E-state index in [1.165, 1.54) is 24.7 Å². The molecule has 0 atom stereocenters. The zero-order valence-electron chi connectivity index (χ0n) is 29.9.